The predicted octanol–water partition coefficient (Wildman–Crippen LogP) is 3.46. The van der Waals surface area contributed by atoms with Crippen molar-refractivity contribution in [2.75, 3.05) is 26.2 Å². The van der Waals surface area contributed by atoms with Gasteiger partial charge in [-0.3, -0.25) is 14.9 Å². The number of nitro groups is 1. The second kappa shape index (κ2) is 9.03. The minimum atomic E-state index is -3.90. The van der Waals surface area contributed by atoms with E-state index in [-0.39, 0.29) is 42.7 Å². The van der Waals surface area contributed by atoms with Gasteiger partial charge in [0.05, 0.1) is 15.4 Å². The van der Waals surface area contributed by atoms with Gasteiger partial charge in [0.15, 0.2) is 0 Å². The Labute approximate surface area is 198 Å². The van der Waals surface area contributed by atoms with E-state index in [2.05, 4.69) is 4.57 Å². The van der Waals surface area contributed by atoms with E-state index in [0.29, 0.717) is 5.56 Å². The third-order valence-electron chi connectivity index (χ3n) is 6.21. The van der Waals surface area contributed by atoms with Gasteiger partial charge in [0.2, 0.25) is 10.0 Å². The molecule has 0 unspecified atom stereocenters. The van der Waals surface area contributed by atoms with Crippen LogP contribution in [0.3, 0.4) is 0 Å². The topological polar surface area (TPSA) is 106 Å². The molecule has 34 heavy (non-hydrogen) atoms. The molecule has 2 heterocycles. The van der Waals surface area contributed by atoms with Crippen LogP contribution in [0.5, 0.6) is 0 Å². The zero-order valence-corrected chi connectivity index (χ0v) is 20.1. The van der Waals surface area contributed by atoms with E-state index in [4.69, 9.17) is 0 Å². The summed E-state index contributed by atoms with van der Waals surface area (Å²) >= 11 is 0. The van der Waals surface area contributed by atoms with Gasteiger partial charge < -0.3 is 9.47 Å². The number of para-hydroxylation sites is 1. The fourth-order valence-corrected chi connectivity index (χ4v) is 5.84. The first-order valence-electron chi connectivity index (χ1n) is 10.9. The maximum Gasteiger partial charge on any atom is 0.270 e. The van der Waals surface area contributed by atoms with Crippen LogP contribution in [0.4, 0.5) is 5.69 Å². The summed E-state index contributed by atoms with van der Waals surface area (Å²) in [6.07, 6.45) is 0. The molecule has 0 aliphatic carbocycles. The van der Waals surface area contributed by atoms with E-state index < -0.39 is 14.9 Å². The quantitative estimate of drug-likeness (QED) is 0.409. The molecule has 4 rings (SSSR count). The van der Waals surface area contributed by atoms with E-state index in [1.165, 1.54) is 22.5 Å². The number of benzene rings is 2. The van der Waals surface area contributed by atoms with Crippen molar-refractivity contribution in [3.05, 3.63) is 87.2 Å². The van der Waals surface area contributed by atoms with Gasteiger partial charge in [-0.05, 0) is 44.5 Å². The first-order chi connectivity index (χ1) is 16.1. The third kappa shape index (κ3) is 4.22. The van der Waals surface area contributed by atoms with Gasteiger partial charge >= 0.3 is 0 Å². The molecule has 0 saturated carbocycles. The average molecular weight is 483 g/mol. The normalized spacial score (nSPS) is 14.9. The number of carbonyl (C=O) groups excluding carboxylic acids is 1. The molecule has 0 N–H and O–H groups in total. The van der Waals surface area contributed by atoms with Crippen molar-refractivity contribution in [3.63, 3.8) is 0 Å². The lowest BCUT2D eigenvalue weighted by molar-refractivity contribution is -0.385. The molecular formula is C24H26N4O5S. The van der Waals surface area contributed by atoms with Gasteiger partial charge in [0, 0.05) is 55.4 Å². The molecule has 2 aromatic carbocycles. The first-order valence-corrected chi connectivity index (χ1v) is 12.3. The van der Waals surface area contributed by atoms with Crippen LogP contribution in [0.2, 0.25) is 0 Å². The molecule has 9 nitrogen and oxygen atoms in total. The van der Waals surface area contributed by atoms with Crippen LogP contribution in [0, 0.1) is 30.9 Å². The number of aromatic nitrogens is 1. The van der Waals surface area contributed by atoms with E-state index in [0.717, 1.165) is 28.7 Å². The lowest BCUT2D eigenvalue weighted by Crippen LogP contribution is -2.50. The molecule has 10 heteroatoms. The highest BCUT2D eigenvalue weighted by Gasteiger charge is 2.32. The number of piperazine rings is 1. The fraction of sp³-hybridized carbons (Fsp3) is 0.292. The Morgan fingerprint density at radius 2 is 1.62 bits per heavy atom. The lowest BCUT2D eigenvalue weighted by atomic mass is 10.2. The van der Waals surface area contributed by atoms with Gasteiger partial charge in [-0.2, -0.15) is 4.31 Å². The van der Waals surface area contributed by atoms with Crippen LogP contribution >= 0.6 is 0 Å². The average Bonchev–Trinajstić information content (AvgIpc) is 3.12. The number of nitro benzene ring substituents is 1. The van der Waals surface area contributed by atoms with Crippen LogP contribution in [-0.4, -0.2) is 59.2 Å². The Morgan fingerprint density at radius 1 is 0.941 bits per heavy atom. The molecule has 1 aliphatic rings. The smallest absolute Gasteiger partial charge is 0.270 e. The van der Waals surface area contributed by atoms with E-state index in [1.54, 1.807) is 4.90 Å². The SMILES string of the molecule is Cc1ccccc1-n1c(C)cc(C(=O)N2CCN(S(=O)(=O)c3cccc([N+](=O)[O-])c3)CC2)c1C. The van der Waals surface area contributed by atoms with Gasteiger partial charge in [-0.15, -0.1) is 0 Å². The van der Waals surface area contributed by atoms with Crippen molar-refractivity contribution in [1.29, 1.82) is 0 Å². The fourth-order valence-electron chi connectivity index (χ4n) is 4.37. The van der Waals surface area contributed by atoms with E-state index >= 15 is 0 Å². The summed E-state index contributed by atoms with van der Waals surface area (Å²) in [6.45, 7) is 6.61. The minimum absolute atomic E-state index is 0.118. The Bertz CT molecular complexity index is 1370. The molecule has 3 aromatic rings. The van der Waals surface area contributed by atoms with Gasteiger partial charge in [-0.1, -0.05) is 24.3 Å². The second-order valence-electron chi connectivity index (χ2n) is 8.36. The Hall–Kier alpha value is -3.50. The maximum atomic E-state index is 13.3. The summed E-state index contributed by atoms with van der Waals surface area (Å²) in [5.41, 5.74) is 4.22. The highest BCUT2D eigenvalue weighted by atomic mass is 32.2. The molecule has 178 valence electrons. The summed E-state index contributed by atoms with van der Waals surface area (Å²) in [5.74, 6) is -0.139. The first kappa shape index (κ1) is 23.7. The second-order valence-corrected chi connectivity index (χ2v) is 10.3. The minimum Gasteiger partial charge on any atom is -0.336 e. The van der Waals surface area contributed by atoms with Gasteiger partial charge in [0.25, 0.3) is 11.6 Å². The summed E-state index contributed by atoms with van der Waals surface area (Å²) < 4.78 is 29.3. The zero-order chi connectivity index (χ0) is 24.6. The monoisotopic (exact) mass is 482 g/mol. The molecule has 0 atom stereocenters. The van der Waals surface area contributed by atoms with E-state index in [1.807, 2.05) is 51.1 Å². The standard InChI is InChI=1S/C24H26N4O5S/c1-17-7-4-5-10-23(17)27-18(2)15-22(19(27)3)24(29)25-11-13-26(14-12-25)34(32,33)21-9-6-8-20(16-21)28(30)31/h4-10,15-16H,11-14H2,1-3H3. The van der Waals surface area contributed by atoms with E-state index in [9.17, 15) is 23.3 Å². The zero-order valence-electron chi connectivity index (χ0n) is 19.3. The van der Waals surface area contributed by atoms with Crippen molar-refractivity contribution < 1.29 is 18.1 Å². The van der Waals surface area contributed by atoms with Crippen molar-refractivity contribution in [3.8, 4) is 5.69 Å². The molecule has 1 fully saturated rings. The molecule has 1 amide bonds. The molecule has 0 spiro atoms. The largest absolute Gasteiger partial charge is 0.336 e. The Kier molecular flexibility index (Phi) is 6.28. The molecular weight excluding hydrogens is 456 g/mol. The third-order valence-corrected chi connectivity index (χ3v) is 8.10. The Morgan fingerprint density at radius 3 is 2.26 bits per heavy atom. The summed E-state index contributed by atoms with van der Waals surface area (Å²) in [5, 5.41) is 11.0. The molecule has 1 aliphatic heterocycles. The highest BCUT2D eigenvalue weighted by molar-refractivity contribution is 7.89. The molecule has 1 aromatic heterocycles. The highest BCUT2D eigenvalue weighted by Crippen LogP contribution is 2.26. The number of carbonyl (C=O) groups is 1. The number of amides is 1. The maximum absolute atomic E-state index is 13.3. The number of non-ortho nitro benzene ring substituents is 1. The number of rotatable bonds is 5. The summed E-state index contributed by atoms with van der Waals surface area (Å²) in [7, 11) is -3.90. The van der Waals surface area contributed by atoms with Gasteiger partial charge in [0.1, 0.15) is 0 Å². The van der Waals surface area contributed by atoms with Gasteiger partial charge in [-0.25, -0.2) is 8.42 Å². The number of hydrogen-bond acceptors (Lipinski definition) is 5. The van der Waals surface area contributed by atoms with Crippen LogP contribution in [0.1, 0.15) is 27.3 Å². The molecule has 0 radical (unpaired) electrons. The van der Waals surface area contributed by atoms with Crippen molar-refractivity contribution in [1.82, 2.24) is 13.8 Å². The summed E-state index contributed by atoms with van der Waals surface area (Å²) in [6, 6.07) is 14.9. The number of nitrogens with zero attached hydrogens (tertiary/aromatic N) is 4. The van der Waals surface area contributed by atoms with Crippen molar-refractivity contribution >= 4 is 21.6 Å². The number of aryl methyl sites for hydroxylation is 2. The Balaban J connectivity index is 1.52. The number of sulfonamides is 1. The van der Waals surface area contributed by atoms with Crippen LogP contribution in [0.25, 0.3) is 5.69 Å². The van der Waals surface area contributed by atoms with Crippen LogP contribution in [0.15, 0.2) is 59.5 Å². The predicted molar refractivity (Wildman–Crippen MR) is 128 cm³/mol. The lowest BCUT2D eigenvalue weighted by Gasteiger charge is -2.34. The van der Waals surface area contributed by atoms with Crippen LogP contribution in [-0.2, 0) is 10.0 Å². The van der Waals surface area contributed by atoms with Crippen molar-refractivity contribution in [2.45, 2.75) is 25.7 Å². The molecule has 0 bridgehead atoms. The molecule has 1 saturated heterocycles. The summed E-state index contributed by atoms with van der Waals surface area (Å²) in [4.78, 5) is 25.3. The number of hydrogen-bond donors (Lipinski definition) is 0. The van der Waals surface area contributed by atoms with Crippen molar-refractivity contribution in [2.24, 2.45) is 0 Å². The van der Waals surface area contributed by atoms with Crippen LogP contribution < -0.4 is 0 Å².